The first kappa shape index (κ1) is 10.4. The predicted molar refractivity (Wildman–Crippen MR) is 61.2 cm³/mol. The lowest BCUT2D eigenvalue weighted by molar-refractivity contribution is 0.551. The minimum atomic E-state index is -0.0188. The molecule has 0 amide bonds. The molecule has 2 aliphatic carbocycles. The molecule has 2 atom stereocenters. The first-order valence-corrected chi connectivity index (χ1v) is 6.74. The SMILES string of the molecule is CC1CCCC1(C#N)SC1CCCC1. The van der Waals surface area contributed by atoms with Crippen molar-refractivity contribution in [1.29, 1.82) is 5.26 Å². The van der Waals surface area contributed by atoms with Gasteiger partial charge in [-0.05, 0) is 31.6 Å². The van der Waals surface area contributed by atoms with Crippen molar-refractivity contribution in [2.75, 3.05) is 0 Å². The first-order chi connectivity index (χ1) is 6.77. The lowest BCUT2D eigenvalue weighted by Crippen LogP contribution is -2.28. The van der Waals surface area contributed by atoms with E-state index in [0.717, 1.165) is 11.7 Å². The van der Waals surface area contributed by atoms with E-state index in [1.165, 1.54) is 38.5 Å². The molecule has 2 rings (SSSR count). The Morgan fingerprint density at radius 3 is 2.43 bits per heavy atom. The fraction of sp³-hybridized carbons (Fsp3) is 0.917. The van der Waals surface area contributed by atoms with Gasteiger partial charge >= 0.3 is 0 Å². The second-order valence-electron chi connectivity index (χ2n) is 4.82. The number of nitrogens with zero attached hydrogens (tertiary/aromatic N) is 1. The average Bonchev–Trinajstić information content (AvgIpc) is 2.79. The van der Waals surface area contributed by atoms with E-state index in [-0.39, 0.29) is 4.75 Å². The van der Waals surface area contributed by atoms with Crippen LogP contribution in [0.25, 0.3) is 0 Å². The van der Waals surface area contributed by atoms with Crippen LogP contribution in [0.3, 0.4) is 0 Å². The van der Waals surface area contributed by atoms with E-state index in [4.69, 9.17) is 0 Å². The number of hydrogen-bond acceptors (Lipinski definition) is 2. The highest BCUT2D eigenvalue weighted by Crippen LogP contribution is 2.49. The van der Waals surface area contributed by atoms with Crippen LogP contribution >= 0.6 is 11.8 Å². The third-order valence-corrected chi connectivity index (χ3v) is 5.77. The monoisotopic (exact) mass is 209 g/mol. The summed E-state index contributed by atoms with van der Waals surface area (Å²) >= 11 is 2.01. The summed E-state index contributed by atoms with van der Waals surface area (Å²) in [7, 11) is 0. The molecule has 0 aromatic carbocycles. The van der Waals surface area contributed by atoms with Crippen LogP contribution in [-0.4, -0.2) is 10.00 Å². The van der Waals surface area contributed by atoms with Gasteiger partial charge in [0.05, 0.1) is 6.07 Å². The maximum atomic E-state index is 9.38. The summed E-state index contributed by atoms with van der Waals surface area (Å²) < 4.78 is -0.0188. The molecule has 0 aromatic heterocycles. The predicted octanol–water partition coefficient (Wildman–Crippen LogP) is 3.74. The van der Waals surface area contributed by atoms with Crippen molar-refractivity contribution in [2.45, 2.75) is 61.9 Å². The van der Waals surface area contributed by atoms with E-state index in [1.54, 1.807) is 0 Å². The largest absolute Gasteiger partial charge is 0.197 e. The van der Waals surface area contributed by atoms with Crippen molar-refractivity contribution >= 4 is 11.8 Å². The van der Waals surface area contributed by atoms with E-state index in [2.05, 4.69) is 13.0 Å². The summed E-state index contributed by atoms with van der Waals surface area (Å²) in [5.41, 5.74) is 0. The van der Waals surface area contributed by atoms with Crippen molar-refractivity contribution in [2.24, 2.45) is 5.92 Å². The summed E-state index contributed by atoms with van der Waals surface area (Å²) in [5, 5.41) is 10.2. The molecule has 0 bridgehead atoms. The quantitative estimate of drug-likeness (QED) is 0.691. The molecule has 2 fully saturated rings. The van der Waals surface area contributed by atoms with Gasteiger partial charge in [-0.2, -0.15) is 5.26 Å². The lowest BCUT2D eigenvalue weighted by atomic mass is 9.99. The molecule has 0 heterocycles. The number of hydrogen-bond donors (Lipinski definition) is 0. The van der Waals surface area contributed by atoms with Gasteiger partial charge in [0.2, 0.25) is 0 Å². The van der Waals surface area contributed by atoms with Crippen LogP contribution < -0.4 is 0 Å². The Balaban J connectivity index is 2.01. The van der Waals surface area contributed by atoms with Gasteiger partial charge in [0.25, 0.3) is 0 Å². The third-order valence-electron chi connectivity index (χ3n) is 3.85. The van der Waals surface area contributed by atoms with E-state index in [1.807, 2.05) is 11.8 Å². The van der Waals surface area contributed by atoms with Gasteiger partial charge in [-0.1, -0.05) is 26.2 Å². The zero-order valence-corrected chi connectivity index (χ0v) is 9.78. The lowest BCUT2D eigenvalue weighted by Gasteiger charge is -2.28. The van der Waals surface area contributed by atoms with Crippen LogP contribution in [0.15, 0.2) is 0 Å². The summed E-state index contributed by atoms with van der Waals surface area (Å²) in [4.78, 5) is 0. The summed E-state index contributed by atoms with van der Waals surface area (Å²) in [5.74, 6) is 0.609. The van der Waals surface area contributed by atoms with Gasteiger partial charge in [0, 0.05) is 5.25 Å². The van der Waals surface area contributed by atoms with E-state index < -0.39 is 0 Å². The Morgan fingerprint density at radius 2 is 1.93 bits per heavy atom. The Kier molecular flexibility index (Phi) is 3.07. The molecule has 1 nitrogen and oxygen atoms in total. The topological polar surface area (TPSA) is 23.8 Å². The molecule has 2 saturated carbocycles. The van der Waals surface area contributed by atoms with Gasteiger partial charge in [-0.15, -0.1) is 11.8 Å². The third kappa shape index (κ3) is 1.80. The van der Waals surface area contributed by atoms with Crippen molar-refractivity contribution in [1.82, 2.24) is 0 Å². The number of thioether (sulfide) groups is 1. The van der Waals surface area contributed by atoms with Gasteiger partial charge in [0.15, 0.2) is 0 Å². The fourth-order valence-corrected chi connectivity index (χ4v) is 4.65. The first-order valence-electron chi connectivity index (χ1n) is 5.86. The standard InChI is InChI=1S/C12H19NS/c1-10-5-4-8-12(10,9-13)14-11-6-2-3-7-11/h10-11H,2-8H2,1H3. The highest BCUT2D eigenvalue weighted by Gasteiger charge is 2.43. The fourth-order valence-electron chi connectivity index (χ4n) is 2.82. The van der Waals surface area contributed by atoms with Gasteiger partial charge in [0.1, 0.15) is 4.75 Å². The maximum absolute atomic E-state index is 9.38. The van der Waals surface area contributed by atoms with Crippen molar-refractivity contribution < 1.29 is 0 Å². The molecule has 2 unspecified atom stereocenters. The molecule has 0 radical (unpaired) electrons. The molecule has 0 spiro atoms. The van der Waals surface area contributed by atoms with Crippen LogP contribution in [-0.2, 0) is 0 Å². The maximum Gasteiger partial charge on any atom is 0.105 e. The molecular formula is C12H19NS. The van der Waals surface area contributed by atoms with Crippen LogP contribution in [0.1, 0.15) is 51.9 Å². The summed E-state index contributed by atoms with van der Waals surface area (Å²) in [6, 6.07) is 2.62. The molecule has 78 valence electrons. The molecule has 0 saturated heterocycles. The Morgan fingerprint density at radius 1 is 1.21 bits per heavy atom. The van der Waals surface area contributed by atoms with Crippen molar-refractivity contribution in [3.8, 4) is 6.07 Å². The zero-order valence-electron chi connectivity index (χ0n) is 8.96. The highest BCUT2D eigenvalue weighted by molar-refractivity contribution is 8.01. The van der Waals surface area contributed by atoms with E-state index in [9.17, 15) is 5.26 Å². The number of nitriles is 1. The van der Waals surface area contributed by atoms with Crippen LogP contribution in [0.4, 0.5) is 0 Å². The molecular weight excluding hydrogens is 190 g/mol. The van der Waals surface area contributed by atoms with Crippen LogP contribution in [0, 0.1) is 17.2 Å². The Labute approximate surface area is 91.3 Å². The number of rotatable bonds is 2. The van der Waals surface area contributed by atoms with Crippen molar-refractivity contribution in [3.63, 3.8) is 0 Å². The van der Waals surface area contributed by atoms with Crippen molar-refractivity contribution in [3.05, 3.63) is 0 Å². The Bertz CT molecular complexity index is 239. The smallest absolute Gasteiger partial charge is 0.105 e. The van der Waals surface area contributed by atoms with Gasteiger partial charge < -0.3 is 0 Å². The molecule has 14 heavy (non-hydrogen) atoms. The van der Waals surface area contributed by atoms with Gasteiger partial charge in [-0.25, -0.2) is 0 Å². The molecule has 0 aliphatic heterocycles. The molecule has 2 aliphatic rings. The minimum absolute atomic E-state index is 0.0188. The molecule has 0 N–H and O–H groups in total. The highest BCUT2D eigenvalue weighted by atomic mass is 32.2. The Hall–Kier alpha value is -0.160. The van der Waals surface area contributed by atoms with Gasteiger partial charge in [-0.3, -0.25) is 0 Å². The summed E-state index contributed by atoms with van der Waals surface area (Å²) in [6.45, 7) is 2.26. The molecule has 2 heteroatoms. The molecule has 0 aromatic rings. The normalized spacial score (nSPS) is 38.7. The van der Waals surface area contributed by atoms with E-state index in [0.29, 0.717) is 5.92 Å². The average molecular weight is 209 g/mol. The van der Waals surface area contributed by atoms with Crippen LogP contribution in [0.5, 0.6) is 0 Å². The zero-order chi connectivity index (χ0) is 10.0. The van der Waals surface area contributed by atoms with E-state index >= 15 is 0 Å². The second kappa shape index (κ2) is 4.14. The summed E-state index contributed by atoms with van der Waals surface area (Å²) in [6.07, 6.45) is 9.11. The minimum Gasteiger partial charge on any atom is -0.197 e. The van der Waals surface area contributed by atoms with Crippen LogP contribution in [0.2, 0.25) is 0 Å². The second-order valence-corrected chi connectivity index (χ2v) is 6.45.